The van der Waals surface area contributed by atoms with Crippen molar-refractivity contribution in [3.05, 3.63) is 48.0 Å². The van der Waals surface area contributed by atoms with E-state index >= 15 is 0 Å². The van der Waals surface area contributed by atoms with Crippen LogP contribution in [0.1, 0.15) is 24.9 Å². The van der Waals surface area contributed by atoms with Gasteiger partial charge in [0.2, 0.25) is 10.0 Å². The average molecular weight is 485 g/mol. The highest BCUT2D eigenvalue weighted by atomic mass is 32.2. The van der Waals surface area contributed by atoms with Crippen molar-refractivity contribution in [3.8, 4) is 5.75 Å². The summed E-state index contributed by atoms with van der Waals surface area (Å²) in [5.74, 6) is 0.689. The largest absolute Gasteiger partial charge is 0.492 e. The molecule has 5 N–H and O–H groups in total. The molecule has 0 aromatic heterocycles. The van der Waals surface area contributed by atoms with Gasteiger partial charge in [0, 0.05) is 24.0 Å². The van der Waals surface area contributed by atoms with Gasteiger partial charge in [-0.25, -0.2) is 16.8 Å². The molecule has 0 bridgehead atoms. The molecule has 11 heteroatoms. The number of nitrogens with one attached hydrogen (secondary N) is 3. The lowest BCUT2D eigenvalue weighted by Crippen LogP contribution is -2.25. The topological polar surface area (TPSA) is 140 Å². The maximum atomic E-state index is 12.4. The van der Waals surface area contributed by atoms with E-state index < -0.39 is 19.9 Å². The summed E-state index contributed by atoms with van der Waals surface area (Å²) in [7, 11) is -4.89. The van der Waals surface area contributed by atoms with Crippen LogP contribution in [0.25, 0.3) is 0 Å². The van der Waals surface area contributed by atoms with Crippen LogP contribution in [0.15, 0.2) is 47.4 Å². The van der Waals surface area contributed by atoms with Gasteiger partial charge in [-0.1, -0.05) is 6.07 Å². The van der Waals surface area contributed by atoms with E-state index in [1.807, 2.05) is 6.92 Å². The summed E-state index contributed by atoms with van der Waals surface area (Å²) in [6.45, 7) is 3.50. The molecule has 0 radical (unpaired) electrons. The Labute approximate surface area is 190 Å². The van der Waals surface area contributed by atoms with Gasteiger partial charge < -0.3 is 21.1 Å². The van der Waals surface area contributed by atoms with Crippen LogP contribution in [0, 0.1) is 0 Å². The van der Waals surface area contributed by atoms with Gasteiger partial charge in [0.1, 0.15) is 12.4 Å². The first-order valence-electron chi connectivity index (χ1n) is 10.2. The van der Waals surface area contributed by atoms with Crippen LogP contribution in [-0.2, 0) is 19.9 Å². The predicted octanol–water partition coefficient (Wildman–Crippen LogP) is 1.75. The third kappa shape index (κ3) is 8.30. The van der Waals surface area contributed by atoms with Crippen molar-refractivity contribution >= 4 is 31.2 Å². The van der Waals surface area contributed by atoms with Crippen molar-refractivity contribution in [2.75, 3.05) is 49.2 Å². The highest BCUT2D eigenvalue weighted by molar-refractivity contribution is 7.92. The Hall–Kier alpha value is -2.34. The van der Waals surface area contributed by atoms with E-state index in [1.54, 1.807) is 43.4 Å². The molecular formula is C21H32N4O5S2. The molecule has 0 aliphatic carbocycles. The maximum absolute atomic E-state index is 12.4. The first kappa shape index (κ1) is 25.9. The van der Waals surface area contributed by atoms with Crippen LogP contribution < -0.4 is 25.8 Å². The van der Waals surface area contributed by atoms with Gasteiger partial charge in [-0.2, -0.15) is 0 Å². The summed E-state index contributed by atoms with van der Waals surface area (Å²) in [5, 5.41) is 6.24. The lowest BCUT2D eigenvalue weighted by atomic mass is 10.1. The fraction of sp³-hybridized carbons (Fsp3) is 0.429. The van der Waals surface area contributed by atoms with Gasteiger partial charge in [-0.3, -0.25) is 4.72 Å². The Morgan fingerprint density at radius 2 is 1.72 bits per heavy atom. The number of benzene rings is 2. The van der Waals surface area contributed by atoms with Crippen molar-refractivity contribution in [1.29, 1.82) is 0 Å². The van der Waals surface area contributed by atoms with Gasteiger partial charge in [-0.15, -0.1) is 0 Å². The van der Waals surface area contributed by atoms with Crippen molar-refractivity contribution in [1.82, 2.24) is 10.6 Å². The molecule has 0 saturated heterocycles. The molecule has 1 atom stereocenters. The van der Waals surface area contributed by atoms with Gasteiger partial charge in [0.05, 0.1) is 16.9 Å². The fourth-order valence-corrected chi connectivity index (χ4v) is 4.99. The Bertz CT molecular complexity index is 1090. The normalized spacial score (nSPS) is 13.0. The van der Waals surface area contributed by atoms with Crippen LogP contribution in [0.4, 0.5) is 11.4 Å². The van der Waals surface area contributed by atoms with Crippen molar-refractivity contribution in [2.24, 2.45) is 0 Å². The second kappa shape index (κ2) is 11.5. The summed E-state index contributed by atoms with van der Waals surface area (Å²) in [4.78, 5) is 0.235. The minimum absolute atomic E-state index is 0.0725. The van der Waals surface area contributed by atoms with Gasteiger partial charge in [0.25, 0.3) is 0 Å². The minimum Gasteiger partial charge on any atom is -0.492 e. The first-order chi connectivity index (χ1) is 15.0. The first-order valence-corrected chi connectivity index (χ1v) is 13.8. The molecule has 2 rings (SSSR count). The second-order valence-corrected chi connectivity index (χ2v) is 11.3. The summed E-state index contributed by atoms with van der Waals surface area (Å²) >= 11 is 0. The molecule has 2 aromatic carbocycles. The lowest BCUT2D eigenvalue weighted by molar-refractivity contribution is 0.307. The van der Waals surface area contributed by atoms with E-state index in [4.69, 9.17) is 10.5 Å². The number of nitrogens with two attached hydrogens (primary N) is 1. The number of nitrogen functional groups attached to an aromatic ring is 1. The standard InChI is InChI=1S/C21H32N4O5S2/c1-16(20-10-9-19(15-21(20)22)32(28,29)14-4-11-23-2)24-12-13-30-18-7-5-17(6-8-18)25-31(3,26)27/h5-10,15-16,23-25H,4,11-14,22H2,1-3H3. The number of ether oxygens (including phenoxy) is 1. The highest BCUT2D eigenvalue weighted by Crippen LogP contribution is 2.24. The van der Waals surface area contributed by atoms with Gasteiger partial charge in [-0.05, 0) is 68.9 Å². The van der Waals surface area contributed by atoms with E-state index in [0.29, 0.717) is 43.2 Å². The molecule has 178 valence electrons. The van der Waals surface area contributed by atoms with E-state index in [1.165, 1.54) is 6.07 Å². The number of anilines is 2. The number of rotatable bonds is 13. The zero-order valence-electron chi connectivity index (χ0n) is 18.6. The van der Waals surface area contributed by atoms with Gasteiger partial charge in [0.15, 0.2) is 9.84 Å². The van der Waals surface area contributed by atoms with E-state index in [-0.39, 0.29) is 16.7 Å². The number of hydrogen-bond donors (Lipinski definition) is 4. The zero-order chi connectivity index (χ0) is 23.8. The SMILES string of the molecule is CNCCCS(=O)(=O)c1ccc(C(C)NCCOc2ccc(NS(C)(=O)=O)cc2)c(N)c1. The van der Waals surface area contributed by atoms with Crippen LogP contribution in [-0.4, -0.2) is 55.6 Å². The third-order valence-corrected chi connectivity index (χ3v) is 7.11. The Morgan fingerprint density at radius 1 is 1.03 bits per heavy atom. The molecule has 0 aliphatic rings. The van der Waals surface area contributed by atoms with Crippen LogP contribution in [0.2, 0.25) is 0 Å². The molecule has 0 amide bonds. The Kier molecular flexibility index (Phi) is 9.32. The third-order valence-electron chi connectivity index (χ3n) is 4.70. The average Bonchev–Trinajstić information content (AvgIpc) is 2.71. The molecule has 0 heterocycles. The van der Waals surface area contributed by atoms with E-state index in [2.05, 4.69) is 15.4 Å². The van der Waals surface area contributed by atoms with Crippen molar-refractivity contribution < 1.29 is 21.6 Å². The number of hydrogen-bond acceptors (Lipinski definition) is 8. The smallest absolute Gasteiger partial charge is 0.229 e. The predicted molar refractivity (Wildman–Crippen MR) is 128 cm³/mol. The van der Waals surface area contributed by atoms with Crippen LogP contribution >= 0.6 is 0 Å². The van der Waals surface area contributed by atoms with Crippen molar-refractivity contribution in [3.63, 3.8) is 0 Å². The highest BCUT2D eigenvalue weighted by Gasteiger charge is 2.17. The Morgan fingerprint density at radius 3 is 2.31 bits per heavy atom. The van der Waals surface area contributed by atoms with Crippen LogP contribution in [0.3, 0.4) is 0 Å². The lowest BCUT2D eigenvalue weighted by Gasteiger charge is -2.17. The molecule has 32 heavy (non-hydrogen) atoms. The summed E-state index contributed by atoms with van der Waals surface area (Å²) in [5.41, 5.74) is 7.84. The monoisotopic (exact) mass is 484 g/mol. The van der Waals surface area contributed by atoms with Crippen LogP contribution in [0.5, 0.6) is 5.75 Å². The molecule has 2 aromatic rings. The summed E-state index contributed by atoms with van der Waals surface area (Å²) < 4.78 is 55.4. The number of sulfonamides is 1. The number of sulfone groups is 1. The van der Waals surface area contributed by atoms with E-state index in [9.17, 15) is 16.8 Å². The summed E-state index contributed by atoms with van der Waals surface area (Å²) in [6, 6.07) is 11.4. The minimum atomic E-state index is -3.36. The van der Waals surface area contributed by atoms with E-state index in [0.717, 1.165) is 11.8 Å². The zero-order valence-corrected chi connectivity index (χ0v) is 20.2. The molecule has 1 unspecified atom stereocenters. The second-order valence-electron chi connectivity index (χ2n) is 7.49. The quantitative estimate of drug-likeness (QED) is 0.249. The molecular weight excluding hydrogens is 452 g/mol. The molecule has 0 spiro atoms. The molecule has 9 nitrogen and oxygen atoms in total. The van der Waals surface area contributed by atoms with Crippen molar-refractivity contribution in [2.45, 2.75) is 24.3 Å². The molecule has 0 saturated carbocycles. The molecule has 0 fully saturated rings. The van der Waals surface area contributed by atoms with Gasteiger partial charge >= 0.3 is 0 Å². The fourth-order valence-electron chi connectivity index (χ4n) is 3.08. The summed E-state index contributed by atoms with van der Waals surface area (Å²) in [6.07, 6.45) is 1.63. The molecule has 0 aliphatic heterocycles. The maximum Gasteiger partial charge on any atom is 0.229 e. The Balaban J connectivity index is 1.86.